The first-order valence-electron chi connectivity index (χ1n) is 9.17. The van der Waals surface area contributed by atoms with E-state index in [0.29, 0.717) is 22.3 Å². The molecule has 1 saturated heterocycles. The van der Waals surface area contributed by atoms with E-state index in [2.05, 4.69) is 25.6 Å². The largest absolute Gasteiger partial charge is 0.353 e. The van der Waals surface area contributed by atoms with Crippen molar-refractivity contribution in [1.82, 2.24) is 24.8 Å². The van der Waals surface area contributed by atoms with E-state index in [0.717, 1.165) is 19.6 Å². The van der Waals surface area contributed by atoms with Gasteiger partial charge < -0.3 is 15.5 Å². The van der Waals surface area contributed by atoms with E-state index in [9.17, 15) is 9.59 Å². The number of nitrogens with one attached hydrogen (secondary N) is 2. The number of carbonyl (C=O) groups is 1. The molecule has 1 aliphatic rings. The molecule has 26 heavy (non-hydrogen) atoms. The molecule has 0 bridgehead atoms. The number of hydrogen-bond donors (Lipinski definition) is 2. The maximum absolute atomic E-state index is 12.3. The molecule has 1 fully saturated rings. The molecule has 1 atom stereocenters. The highest BCUT2D eigenvalue weighted by atomic mass is 32.1. The fourth-order valence-electron chi connectivity index (χ4n) is 3.08. The van der Waals surface area contributed by atoms with Crippen LogP contribution in [0.25, 0.3) is 4.96 Å². The van der Waals surface area contributed by atoms with Gasteiger partial charge in [-0.3, -0.25) is 9.59 Å². The molecule has 1 aliphatic heterocycles. The summed E-state index contributed by atoms with van der Waals surface area (Å²) < 4.78 is 1.25. The second-order valence-corrected chi connectivity index (χ2v) is 7.71. The van der Waals surface area contributed by atoms with Gasteiger partial charge in [0.25, 0.3) is 5.56 Å². The van der Waals surface area contributed by atoms with Crippen molar-refractivity contribution in [3.8, 4) is 0 Å². The monoisotopic (exact) mass is 378 g/mol. The predicted octanol–water partition coefficient (Wildman–Crippen LogP) is 1.25. The summed E-state index contributed by atoms with van der Waals surface area (Å²) in [4.78, 5) is 31.4. The van der Waals surface area contributed by atoms with Crippen molar-refractivity contribution in [1.29, 1.82) is 0 Å². The smallest absolute Gasteiger partial charge is 0.275 e. The van der Waals surface area contributed by atoms with Crippen molar-refractivity contribution in [3.05, 3.63) is 22.1 Å². The lowest BCUT2D eigenvalue weighted by molar-refractivity contribution is -0.121. The van der Waals surface area contributed by atoms with Gasteiger partial charge >= 0.3 is 0 Å². The van der Waals surface area contributed by atoms with Crippen LogP contribution in [0.15, 0.2) is 10.9 Å². The van der Waals surface area contributed by atoms with Crippen LogP contribution >= 0.6 is 11.3 Å². The van der Waals surface area contributed by atoms with Gasteiger partial charge in [0.1, 0.15) is 6.04 Å². The van der Waals surface area contributed by atoms with E-state index in [-0.39, 0.29) is 11.5 Å². The maximum Gasteiger partial charge on any atom is 0.275 e. The number of carbonyl (C=O) groups excluding carboxylic acids is 1. The Hall–Kier alpha value is -2.00. The van der Waals surface area contributed by atoms with E-state index >= 15 is 0 Å². The molecule has 0 aromatic carbocycles. The van der Waals surface area contributed by atoms with Gasteiger partial charge in [-0.25, -0.2) is 4.98 Å². The van der Waals surface area contributed by atoms with Crippen LogP contribution in [0.1, 0.15) is 38.3 Å². The molecule has 0 spiro atoms. The van der Waals surface area contributed by atoms with Crippen LogP contribution in [0, 0.1) is 6.92 Å². The van der Waals surface area contributed by atoms with Gasteiger partial charge in [-0.15, -0.1) is 5.10 Å². The quantitative estimate of drug-likeness (QED) is 0.786. The number of hydrogen-bond acceptors (Lipinski definition) is 7. The molecule has 142 valence electrons. The molecule has 9 heteroatoms. The summed E-state index contributed by atoms with van der Waals surface area (Å²) >= 11 is 1.26. The lowest BCUT2D eigenvalue weighted by atomic mass is 10.2. The average molecular weight is 379 g/mol. The van der Waals surface area contributed by atoms with Crippen molar-refractivity contribution >= 4 is 27.3 Å². The van der Waals surface area contributed by atoms with Crippen molar-refractivity contribution < 1.29 is 4.79 Å². The molecular formula is C17H26N6O2S. The number of rotatable bonds is 6. The third-order valence-electron chi connectivity index (χ3n) is 4.53. The molecule has 0 radical (unpaired) electrons. The molecule has 3 heterocycles. The highest BCUT2D eigenvalue weighted by Gasteiger charge is 2.16. The van der Waals surface area contributed by atoms with E-state index < -0.39 is 6.04 Å². The van der Waals surface area contributed by atoms with Crippen LogP contribution in [-0.2, 0) is 4.79 Å². The fourth-order valence-corrected chi connectivity index (χ4v) is 4.02. The molecule has 1 amide bonds. The zero-order valence-electron chi connectivity index (χ0n) is 15.3. The number of fused-ring (bicyclic) bond motifs is 1. The normalized spacial score (nSPS) is 17.0. The number of nitrogens with zero attached hydrogens (tertiary/aromatic N) is 4. The lowest BCUT2D eigenvalue weighted by Crippen LogP contribution is -2.41. The Kier molecular flexibility index (Phi) is 6.20. The molecular weight excluding hydrogens is 352 g/mol. The van der Waals surface area contributed by atoms with Crippen LogP contribution in [0.4, 0.5) is 5.13 Å². The van der Waals surface area contributed by atoms with Crippen LogP contribution < -0.4 is 16.2 Å². The minimum atomic E-state index is -0.434. The first-order chi connectivity index (χ1) is 12.5. The minimum absolute atomic E-state index is 0.0736. The third-order valence-corrected chi connectivity index (χ3v) is 5.37. The Morgan fingerprint density at radius 3 is 2.77 bits per heavy atom. The molecule has 2 aromatic heterocycles. The first kappa shape index (κ1) is 18.8. The summed E-state index contributed by atoms with van der Waals surface area (Å²) in [5.41, 5.74) is 0.441. The number of anilines is 1. The van der Waals surface area contributed by atoms with E-state index in [1.165, 1.54) is 47.6 Å². The minimum Gasteiger partial charge on any atom is -0.353 e. The standard InChI is InChI=1S/C17H26N6O2S/c1-12-11-14(24)23-17(19-12)26-16(21-23)20-13(2)15(25)18-7-10-22-8-5-3-4-6-9-22/h11,13H,3-10H2,1-2H3,(H,18,25)(H,20,21). The maximum atomic E-state index is 12.3. The van der Waals surface area contributed by atoms with Gasteiger partial charge in [0.2, 0.25) is 16.0 Å². The number of aromatic nitrogens is 3. The molecule has 8 nitrogen and oxygen atoms in total. The van der Waals surface area contributed by atoms with Crippen molar-refractivity contribution in [2.75, 3.05) is 31.5 Å². The Labute approximate surface area is 156 Å². The summed E-state index contributed by atoms with van der Waals surface area (Å²) in [7, 11) is 0. The van der Waals surface area contributed by atoms with Crippen molar-refractivity contribution in [2.45, 2.75) is 45.6 Å². The number of amides is 1. The van der Waals surface area contributed by atoms with E-state index in [4.69, 9.17) is 0 Å². The summed E-state index contributed by atoms with van der Waals surface area (Å²) in [5.74, 6) is -0.0736. The second-order valence-electron chi connectivity index (χ2n) is 6.75. The molecule has 2 N–H and O–H groups in total. The van der Waals surface area contributed by atoms with E-state index in [1.54, 1.807) is 13.8 Å². The Bertz CT molecular complexity index is 809. The third kappa shape index (κ3) is 4.79. The van der Waals surface area contributed by atoms with Crippen LogP contribution in [-0.4, -0.2) is 57.6 Å². The molecule has 2 aromatic rings. The van der Waals surface area contributed by atoms with Gasteiger partial charge in [0.15, 0.2) is 0 Å². The SMILES string of the molecule is Cc1cc(=O)n2nc(NC(C)C(=O)NCCN3CCCCCC3)sc2n1. The molecule has 1 unspecified atom stereocenters. The molecule has 0 saturated carbocycles. The summed E-state index contributed by atoms with van der Waals surface area (Å²) in [6, 6.07) is 1.01. The summed E-state index contributed by atoms with van der Waals surface area (Å²) in [6.45, 7) is 7.33. The van der Waals surface area contributed by atoms with Crippen LogP contribution in [0.5, 0.6) is 0 Å². The van der Waals surface area contributed by atoms with Crippen molar-refractivity contribution in [3.63, 3.8) is 0 Å². The Morgan fingerprint density at radius 1 is 1.31 bits per heavy atom. The number of likely N-dealkylation sites (tertiary alicyclic amines) is 1. The zero-order valence-corrected chi connectivity index (χ0v) is 16.1. The van der Waals surface area contributed by atoms with Gasteiger partial charge in [-0.05, 0) is 39.8 Å². The molecule has 3 rings (SSSR count). The van der Waals surface area contributed by atoms with Crippen LogP contribution in [0.2, 0.25) is 0 Å². The fraction of sp³-hybridized carbons (Fsp3) is 0.647. The number of aryl methyl sites for hydroxylation is 1. The summed E-state index contributed by atoms with van der Waals surface area (Å²) in [5, 5.41) is 10.7. The van der Waals surface area contributed by atoms with Crippen LogP contribution in [0.3, 0.4) is 0 Å². The predicted molar refractivity (Wildman–Crippen MR) is 103 cm³/mol. The van der Waals surface area contributed by atoms with Gasteiger partial charge in [-0.1, -0.05) is 24.2 Å². The average Bonchev–Trinajstić information content (AvgIpc) is 2.82. The highest BCUT2D eigenvalue weighted by Crippen LogP contribution is 2.17. The second kappa shape index (κ2) is 8.59. The van der Waals surface area contributed by atoms with Gasteiger partial charge in [-0.2, -0.15) is 4.52 Å². The Morgan fingerprint density at radius 2 is 2.04 bits per heavy atom. The highest BCUT2D eigenvalue weighted by molar-refractivity contribution is 7.20. The molecule has 0 aliphatic carbocycles. The summed E-state index contributed by atoms with van der Waals surface area (Å²) in [6.07, 6.45) is 5.11. The zero-order chi connectivity index (χ0) is 18.5. The van der Waals surface area contributed by atoms with Gasteiger partial charge in [0.05, 0.1) is 0 Å². The Balaban J connectivity index is 1.51. The van der Waals surface area contributed by atoms with Gasteiger partial charge in [0, 0.05) is 24.8 Å². The topological polar surface area (TPSA) is 91.6 Å². The van der Waals surface area contributed by atoms with E-state index in [1.807, 2.05) is 0 Å². The first-order valence-corrected chi connectivity index (χ1v) is 9.99. The lowest BCUT2D eigenvalue weighted by Gasteiger charge is -2.20. The van der Waals surface area contributed by atoms with Crippen molar-refractivity contribution in [2.24, 2.45) is 0 Å².